The number of hydrogen-bond donors (Lipinski definition) is 1. The molecular weight excluding hydrogens is 270 g/mol. The molecule has 0 bridgehead atoms. The van der Waals surface area contributed by atoms with Gasteiger partial charge in [-0.05, 0) is 31.9 Å². The van der Waals surface area contributed by atoms with Gasteiger partial charge in [0.15, 0.2) is 0 Å². The monoisotopic (exact) mass is 293 g/mol. The Balaban J connectivity index is 2.04. The van der Waals surface area contributed by atoms with Crippen LogP contribution in [0.3, 0.4) is 0 Å². The minimum Gasteiger partial charge on any atom is -0.382 e. The van der Waals surface area contributed by atoms with E-state index in [-0.39, 0.29) is 16.7 Å². The van der Waals surface area contributed by atoms with E-state index in [0.29, 0.717) is 12.2 Å². The number of anilines is 1. The normalized spacial score (nSPS) is 18.7. The molecule has 2 rings (SSSR count). The van der Waals surface area contributed by atoms with Crippen LogP contribution in [0.2, 0.25) is 0 Å². The fourth-order valence-electron chi connectivity index (χ4n) is 2.81. The molecule has 0 spiro atoms. The fraction of sp³-hybridized carbons (Fsp3) is 0.600. The highest BCUT2D eigenvalue weighted by Gasteiger charge is 2.19. The van der Waals surface area contributed by atoms with Gasteiger partial charge in [-0.2, -0.15) is 0 Å². The van der Waals surface area contributed by atoms with Gasteiger partial charge >= 0.3 is 0 Å². The van der Waals surface area contributed by atoms with E-state index in [1.54, 1.807) is 13.1 Å². The van der Waals surface area contributed by atoms with E-state index in [4.69, 9.17) is 4.74 Å². The van der Waals surface area contributed by atoms with Crippen LogP contribution in [0, 0.1) is 10.1 Å². The van der Waals surface area contributed by atoms with E-state index < -0.39 is 0 Å². The van der Waals surface area contributed by atoms with Crippen LogP contribution in [0.5, 0.6) is 0 Å². The topological polar surface area (TPSA) is 67.6 Å². The molecule has 6 nitrogen and oxygen atoms in total. The highest BCUT2D eigenvalue weighted by Crippen LogP contribution is 2.28. The SMILES string of the molecule is CNc1c(CN(C)CC2CCCCO2)cccc1[N+](=O)[O-]. The van der Waals surface area contributed by atoms with Crippen molar-refractivity contribution in [3.63, 3.8) is 0 Å². The molecule has 0 radical (unpaired) electrons. The summed E-state index contributed by atoms with van der Waals surface area (Å²) in [5.74, 6) is 0. The summed E-state index contributed by atoms with van der Waals surface area (Å²) in [5.41, 5.74) is 1.65. The predicted molar refractivity (Wildman–Crippen MR) is 82.6 cm³/mol. The smallest absolute Gasteiger partial charge is 0.292 e. The first-order valence-electron chi connectivity index (χ1n) is 7.36. The molecule has 1 heterocycles. The first-order valence-corrected chi connectivity index (χ1v) is 7.36. The van der Waals surface area contributed by atoms with Crippen molar-refractivity contribution in [2.75, 3.05) is 32.6 Å². The van der Waals surface area contributed by atoms with Crippen molar-refractivity contribution in [1.82, 2.24) is 4.90 Å². The Morgan fingerprint density at radius 1 is 1.48 bits per heavy atom. The predicted octanol–water partition coefficient (Wildman–Crippen LogP) is 2.64. The van der Waals surface area contributed by atoms with Gasteiger partial charge in [0, 0.05) is 32.8 Å². The zero-order valence-corrected chi connectivity index (χ0v) is 12.7. The van der Waals surface area contributed by atoms with Crippen molar-refractivity contribution in [1.29, 1.82) is 0 Å². The molecule has 0 aromatic heterocycles. The van der Waals surface area contributed by atoms with Gasteiger partial charge in [-0.3, -0.25) is 15.0 Å². The van der Waals surface area contributed by atoms with Gasteiger partial charge in [0.25, 0.3) is 5.69 Å². The number of para-hydroxylation sites is 1. The second-order valence-electron chi connectivity index (χ2n) is 5.50. The highest BCUT2D eigenvalue weighted by atomic mass is 16.6. The Labute approximate surface area is 125 Å². The number of nitrogens with zero attached hydrogens (tertiary/aromatic N) is 2. The summed E-state index contributed by atoms with van der Waals surface area (Å²) in [7, 11) is 3.74. The molecule has 21 heavy (non-hydrogen) atoms. The second kappa shape index (κ2) is 7.38. The van der Waals surface area contributed by atoms with Gasteiger partial charge in [-0.25, -0.2) is 0 Å². The summed E-state index contributed by atoms with van der Waals surface area (Å²) < 4.78 is 5.74. The van der Waals surface area contributed by atoms with Gasteiger partial charge in [-0.15, -0.1) is 0 Å². The molecule has 0 saturated carbocycles. The van der Waals surface area contributed by atoms with Crippen molar-refractivity contribution in [3.05, 3.63) is 33.9 Å². The van der Waals surface area contributed by atoms with E-state index in [1.165, 1.54) is 12.5 Å². The summed E-state index contributed by atoms with van der Waals surface area (Å²) >= 11 is 0. The van der Waals surface area contributed by atoms with Gasteiger partial charge in [0.2, 0.25) is 0 Å². The number of hydrogen-bond acceptors (Lipinski definition) is 5. The Bertz CT molecular complexity index is 487. The molecule has 1 aromatic rings. The molecule has 1 saturated heterocycles. The van der Waals surface area contributed by atoms with Crippen molar-refractivity contribution in [2.45, 2.75) is 31.9 Å². The maximum atomic E-state index is 11.1. The fourth-order valence-corrected chi connectivity index (χ4v) is 2.81. The average Bonchev–Trinajstić information content (AvgIpc) is 2.47. The molecule has 6 heteroatoms. The molecule has 1 N–H and O–H groups in total. The lowest BCUT2D eigenvalue weighted by atomic mass is 10.1. The Kier molecular flexibility index (Phi) is 5.52. The van der Waals surface area contributed by atoms with Crippen LogP contribution in [0.1, 0.15) is 24.8 Å². The van der Waals surface area contributed by atoms with E-state index in [2.05, 4.69) is 10.2 Å². The Morgan fingerprint density at radius 3 is 2.90 bits per heavy atom. The van der Waals surface area contributed by atoms with Gasteiger partial charge < -0.3 is 10.1 Å². The molecule has 0 amide bonds. The lowest BCUT2D eigenvalue weighted by molar-refractivity contribution is -0.384. The zero-order valence-electron chi connectivity index (χ0n) is 12.7. The number of benzene rings is 1. The molecule has 0 aliphatic carbocycles. The van der Waals surface area contributed by atoms with Crippen LogP contribution in [-0.2, 0) is 11.3 Å². The summed E-state index contributed by atoms with van der Waals surface area (Å²) in [4.78, 5) is 12.9. The van der Waals surface area contributed by atoms with E-state index in [1.807, 2.05) is 13.1 Å². The molecular formula is C15H23N3O3. The molecule has 1 atom stereocenters. The lowest BCUT2D eigenvalue weighted by Gasteiger charge is -2.27. The standard InChI is InChI=1S/C15H23N3O3/c1-16-15-12(6-5-8-14(15)18(19)20)10-17(2)11-13-7-3-4-9-21-13/h5-6,8,13,16H,3-4,7,9-11H2,1-2H3. The van der Waals surface area contributed by atoms with Crippen LogP contribution in [0.25, 0.3) is 0 Å². The third-order valence-electron chi connectivity index (χ3n) is 3.81. The minimum atomic E-state index is -0.348. The second-order valence-corrected chi connectivity index (χ2v) is 5.50. The minimum absolute atomic E-state index is 0.123. The number of ether oxygens (including phenoxy) is 1. The first-order chi connectivity index (χ1) is 10.1. The average molecular weight is 293 g/mol. The first kappa shape index (κ1) is 15.7. The number of rotatable bonds is 6. The molecule has 1 unspecified atom stereocenters. The molecule has 1 aliphatic heterocycles. The number of nitro benzene ring substituents is 1. The third kappa shape index (κ3) is 4.15. The summed E-state index contributed by atoms with van der Waals surface area (Å²) in [5, 5.41) is 14.0. The molecule has 1 aromatic carbocycles. The van der Waals surface area contributed by atoms with E-state index in [9.17, 15) is 10.1 Å². The van der Waals surface area contributed by atoms with E-state index in [0.717, 1.165) is 31.6 Å². The number of nitrogens with one attached hydrogen (secondary N) is 1. The molecule has 1 aliphatic rings. The van der Waals surface area contributed by atoms with Crippen molar-refractivity contribution in [2.24, 2.45) is 0 Å². The maximum absolute atomic E-state index is 11.1. The quantitative estimate of drug-likeness (QED) is 0.645. The van der Waals surface area contributed by atoms with Crippen molar-refractivity contribution in [3.8, 4) is 0 Å². The van der Waals surface area contributed by atoms with Crippen LogP contribution >= 0.6 is 0 Å². The van der Waals surface area contributed by atoms with Crippen molar-refractivity contribution >= 4 is 11.4 Å². The van der Waals surface area contributed by atoms with Gasteiger partial charge in [0.1, 0.15) is 5.69 Å². The largest absolute Gasteiger partial charge is 0.382 e. The zero-order chi connectivity index (χ0) is 15.2. The number of nitro groups is 1. The van der Waals surface area contributed by atoms with Gasteiger partial charge in [-0.1, -0.05) is 12.1 Å². The Morgan fingerprint density at radius 2 is 2.29 bits per heavy atom. The summed E-state index contributed by atoms with van der Waals surface area (Å²) in [6, 6.07) is 5.19. The van der Waals surface area contributed by atoms with Crippen LogP contribution in [-0.4, -0.2) is 43.2 Å². The molecule has 116 valence electrons. The maximum Gasteiger partial charge on any atom is 0.292 e. The molecule has 1 fully saturated rings. The lowest BCUT2D eigenvalue weighted by Crippen LogP contribution is -2.33. The Hall–Kier alpha value is -1.66. The van der Waals surface area contributed by atoms with Crippen LogP contribution < -0.4 is 5.32 Å². The number of likely N-dealkylation sites (N-methyl/N-ethyl adjacent to an activating group) is 1. The van der Waals surface area contributed by atoms with Crippen LogP contribution in [0.4, 0.5) is 11.4 Å². The summed E-state index contributed by atoms with van der Waals surface area (Å²) in [6.45, 7) is 2.36. The third-order valence-corrected chi connectivity index (χ3v) is 3.81. The van der Waals surface area contributed by atoms with Gasteiger partial charge in [0.05, 0.1) is 11.0 Å². The van der Waals surface area contributed by atoms with Crippen molar-refractivity contribution < 1.29 is 9.66 Å². The van der Waals surface area contributed by atoms with Crippen LogP contribution in [0.15, 0.2) is 18.2 Å². The highest BCUT2D eigenvalue weighted by molar-refractivity contribution is 5.66. The van der Waals surface area contributed by atoms with E-state index >= 15 is 0 Å². The summed E-state index contributed by atoms with van der Waals surface area (Å²) in [6.07, 6.45) is 3.74.